The average Bonchev–Trinajstić information content (AvgIpc) is 2.33. The molecule has 0 bridgehead atoms. The molecule has 1 N–H and O–H groups in total. The molecule has 0 radical (unpaired) electrons. The molecule has 0 aliphatic carbocycles. The van der Waals surface area contributed by atoms with E-state index in [1.165, 1.54) is 0 Å². The highest BCUT2D eigenvalue weighted by Crippen LogP contribution is 2.20. The van der Waals surface area contributed by atoms with Crippen LogP contribution in [0.15, 0.2) is 30.3 Å². The third-order valence-electron chi connectivity index (χ3n) is 2.48. The van der Waals surface area contributed by atoms with Gasteiger partial charge in [0.2, 0.25) is 0 Å². The van der Waals surface area contributed by atoms with Crippen molar-refractivity contribution in [3.63, 3.8) is 0 Å². The largest absolute Gasteiger partial charge is 0.378 e. The lowest BCUT2D eigenvalue weighted by Crippen LogP contribution is -2.05. The molecule has 0 fully saturated rings. The molecule has 19 heavy (non-hydrogen) atoms. The molecule has 2 aromatic carbocycles. The fourth-order valence-corrected chi connectivity index (χ4v) is 1.54. The summed E-state index contributed by atoms with van der Waals surface area (Å²) in [6.07, 6.45) is 0. The average molecular weight is 273 g/mol. The van der Waals surface area contributed by atoms with E-state index in [9.17, 15) is 22.0 Å². The van der Waals surface area contributed by atoms with E-state index in [1.807, 2.05) is 0 Å². The molecule has 0 amide bonds. The van der Waals surface area contributed by atoms with Crippen molar-refractivity contribution in [1.82, 2.24) is 0 Å². The number of benzene rings is 2. The van der Waals surface area contributed by atoms with E-state index in [2.05, 4.69) is 5.32 Å². The van der Waals surface area contributed by atoms with Crippen molar-refractivity contribution in [2.24, 2.45) is 0 Å². The number of hydrogen-bond donors (Lipinski definition) is 1. The third kappa shape index (κ3) is 3.01. The summed E-state index contributed by atoms with van der Waals surface area (Å²) < 4.78 is 65.1. The highest BCUT2D eigenvalue weighted by atomic mass is 19.2. The minimum Gasteiger partial charge on any atom is -0.378 e. The topological polar surface area (TPSA) is 12.0 Å². The van der Waals surface area contributed by atoms with Gasteiger partial charge in [0.05, 0.1) is 5.69 Å². The van der Waals surface area contributed by atoms with Crippen LogP contribution in [0.4, 0.5) is 27.6 Å². The first kappa shape index (κ1) is 13.3. The van der Waals surface area contributed by atoms with Gasteiger partial charge in [-0.05, 0) is 6.07 Å². The maximum Gasteiger partial charge on any atom is 0.182 e. The van der Waals surface area contributed by atoms with Gasteiger partial charge in [0.15, 0.2) is 11.6 Å². The second-order valence-corrected chi connectivity index (χ2v) is 3.84. The van der Waals surface area contributed by atoms with Crippen molar-refractivity contribution in [1.29, 1.82) is 0 Å². The van der Waals surface area contributed by atoms with Crippen LogP contribution in [-0.4, -0.2) is 0 Å². The molecule has 0 saturated carbocycles. The molecule has 0 atom stereocenters. The van der Waals surface area contributed by atoms with E-state index >= 15 is 0 Å². The van der Waals surface area contributed by atoms with Gasteiger partial charge in [-0.3, -0.25) is 0 Å². The smallest absolute Gasteiger partial charge is 0.182 e. The Hall–Kier alpha value is -2.11. The number of nitrogens with one attached hydrogen (secondary N) is 1. The molecule has 1 nitrogen and oxygen atoms in total. The summed E-state index contributed by atoms with van der Waals surface area (Å²) in [6, 6.07) is 4.01. The Kier molecular flexibility index (Phi) is 3.69. The highest BCUT2D eigenvalue weighted by molar-refractivity contribution is 5.46. The van der Waals surface area contributed by atoms with Gasteiger partial charge in [-0.1, -0.05) is 6.07 Å². The first-order valence-electron chi connectivity index (χ1n) is 5.29. The standard InChI is InChI=1S/C13H8F5N/c14-8-2-1-7(10(16)3-8)6-19-12-5-9(15)4-11(17)13(12)18/h1-5,19H,6H2. The Morgan fingerprint density at radius 3 is 2.16 bits per heavy atom. The molecule has 6 heteroatoms. The minimum atomic E-state index is -1.35. The molecule has 0 aliphatic heterocycles. The molecular weight excluding hydrogens is 265 g/mol. The zero-order chi connectivity index (χ0) is 14.0. The van der Waals surface area contributed by atoms with Crippen LogP contribution < -0.4 is 5.32 Å². The van der Waals surface area contributed by atoms with Crippen molar-refractivity contribution in [2.75, 3.05) is 5.32 Å². The van der Waals surface area contributed by atoms with Crippen molar-refractivity contribution < 1.29 is 22.0 Å². The molecule has 2 rings (SSSR count). The zero-order valence-corrected chi connectivity index (χ0v) is 9.48. The Bertz CT molecular complexity index is 612. The van der Waals surface area contributed by atoms with Gasteiger partial charge in [0, 0.05) is 30.3 Å². The second-order valence-electron chi connectivity index (χ2n) is 3.84. The molecular formula is C13H8F5N. The Morgan fingerprint density at radius 1 is 0.789 bits per heavy atom. The third-order valence-corrected chi connectivity index (χ3v) is 2.48. The summed E-state index contributed by atoms with van der Waals surface area (Å²) in [5.41, 5.74) is -0.383. The summed E-state index contributed by atoms with van der Waals surface area (Å²) >= 11 is 0. The van der Waals surface area contributed by atoms with Crippen LogP contribution in [0.25, 0.3) is 0 Å². The Morgan fingerprint density at radius 2 is 1.47 bits per heavy atom. The van der Waals surface area contributed by atoms with Crippen molar-refractivity contribution in [2.45, 2.75) is 6.54 Å². The van der Waals surface area contributed by atoms with Crippen molar-refractivity contribution in [3.05, 3.63) is 65.0 Å². The maximum atomic E-state index is 13.3. The Balaban J connectivity index is 2.19. The quantitative estimate of drug-likeness (QED) is 0.658. The molecule has 0 spiro atoms. The van der Waals surface area contributed by atoms with Crippen LogP contribution in [-0.2, 0) is 6.54 Å². The second kappa shape index (κ2) is 5.26. The first-order valence-corrected chi connectivity index (χ1v) is 5.29. The van der Waals surface area contributed by atoms with Crippen LogP contribution in [0.5, 0.6) is 0 Å². The predicted molar refractivity (Wildman–Crippen MR) is 60.0 cm³/mol. The van der Waals surface area contributed by atoms with Gasteiger partial charge in [-0.25, -0.2) is 22.0 Å². The van der Waals surface area contributed by atoms with Gasteiger partial charge in [-0.15, -0.1) is 0 Å². The summed E-state index contributed by atoms with van der Waals surface area (Å²) in [7, 11) is 0. The van der Waals surface area contributed by atoms with E-state index in [0.29, 0.717) is 12.1 Å². The number of hydrogen-bond acceptors (Lipinski definition) is 1. The zero-order valence-electron chi connectivity index (χ0n) is 9.48. The van der Waals surface area contributed by atoms with Crippen LogP contribution in [0.1, 0.15) is 5.56 Å². The fraction of sp³-hybridized carbons (Fsp3) is 0.0769. The monoisotopic (exact) mass is 273 g/mol. The van der Waals surface area contributed by atoms with Crippen LogP contribution in [0.2, 0.25) is 0 Å². The van der Waals surface area contributed by atoms with E-state index in [4.69, 9.17) is 0 Å². The van der Waals surface area contributed by atoms with Crippen LogP contribution in [0, 0.1) is 29.1 Å². The molecule has 0 saturated heterocycles. The summed E-state index contributed by atoms with van der Waals surface area (Å²) in [5, 5.41) is 2.35. The lowest BCUT2D eigenvalue weighted by Gasteiger charge is -2.09. The van der Waals surface area contributed by atoms with E-state index in [0.717, 1.165) is 18.2 Å². The molecule has 100 valence electrons. The van der Waals surface area contributed by atoms with Gasteiger partial charge in [0.1, 0.15) is 17.5 Å². The molecule has 0 heterocycles. The van der Waals surface area contributed by atoms with Gasteiger partial charge < -0.3 is 5.32 Å². The van der Waals surface area contributed by atoms with Crippen LogP contribution >= 0.6 is 0 Å². The number of rotatable bonds is 3. The van der Waals surface area contributed by atoms with Crippen molar-refractivity contribution in [3.8, 4) is 0 Å². The van der Waals surface area contributed by atoms with Gasteiger partial charge >= 0.3 is 0 Å². The lowest BCUT2D eigenvalue weighted by molar-refractivity contribution is 0.497. The maximum absolute atomic E-state index is 13.3. The molecule has 0 unspecified atom stereocenters. The number of halogens is 5. The van der Waals surface area contributed by atoms with E-state index < -0.39 is 34.8 Å². The van der Waals surface area contributed by atoms with Crippen molar-refractivity contribution >= 4 is 5.69 Å². The van der Waals surface area contributed by atoms with Crippen LogP contribution in [0.3, 0.4) is 0 Å². The fourth-order valence-electron chi connectivity index (χ4n) is 1.54. The SMILES string of the molecule is Fc1ccc(CNc2cc(F)cc(F)c2F)c(F)c1. The normalized spacial score (nSPS) is 10.6. The summed E-state index contributed by atoms with van der Waals surface area (Å²) in [5.74, 6) is -5.14. The molecule has 2 aromatic rings. The first-order chi connectivity index (χ1) is 8.97. The predicted octanol–water partition coefficient (Wildman–Crippen LogP) is 3.99. The summed E-state index contributed by atoms with van der Waals surface area (Å²) in [4.78, 5) is 0. The highest BCUT2D eigenvalue weighted by Gasteiger charge is 2.11. The van der Waals surface area contributed by atoms with E-state index in [1.54, 1.807) is 0 Å². The van der Waals surface area contributed by atoms with Gasteiger partial charge in [0.25, 0.3) is 0 Å². The molecule has 0 aliphatic rings. The van der Waals surface area contributed by atoms with Gasteiger partial charge in [-0.2, -0.15) is 0 Å². The Labute approximate surface area is 105 Å². The van der Waals surface area contributed by atoms with E-state index in [-0.39, 0.29) is 12.1 Å². The molecule has 0 aromatic heterocycles. The minimum absolute atomic E-state index is 0.0467. The lowest BCUT2D eigenvalue weighted by atomic mass is 10.2. The number of anilines is 1. The summed E-state index contributed by atoms with van der Waals surface area (Å²) in [6.45, 7) is -0.230.